The van der Waals surface area contributed by atoms with Gasteiger partial charge >= 0.3 is 6.18 Å². The minimum absolute atomic E-state index is 0.143. The van der Waals surface area contributed by atoms with E-state index in [1.54, 1.807) is 30.3 Å². The number of nitrogens with zero attached hydrogens (tertiary/aromatic N) is 2. The number of nitro benzene ring substituents is 2. The summed E-state index contributed by atoms with van der Waals surface area (Å²) in [5.74, 6) is -0.812. The summed E-state index contributed by atoms with van der Waals surface area (Å²) in [7, 11) is 0. The van der Waals surface area contributed by atoms with Gasteiger partial charge in [-0.25, -0.2) is 0 Å². The van der Waals surface area contributed by atoms with E-state index >= 15 is 0 Å². The van der Waals surface area contributed by atoms with Crippen LogP contribution in [-0.2, 0) is 17.4 Å². The van der Waals surface area contributed by atoms with Crippen LogP contribution >= 0.6 is 0 Å². The zero-order valence-corrected chi connectivity index (χ0v) is 17.2. The fourth-order valence-electron chi connectivity index (χ4n) is 3.09. The summed E-state index contributed by atoms with van der Waals surface area (Å²) < 4.78 is 45.3. The average molecular weight is 475 g/mol. The second kappa shape index (κ2) is 9.98. The van der Waals surface area contributed by atoms with Gasteiger partial charge in [-0.15, -0.1) is 0 Å². The molecule has 1 amide bonds. The van der Waals surface area contributed by atoms with E-state index in [1.165, 1.54) is 18.2 Å². The number of carbonyl (C=O) groups is 1. The maximum Gasteiger partial charge on any atom is 0.418 e. The van der Waals surface area contributed by atoms with Gasteiger partial charge in [-0.05, 0) is 17.7 Å². The molecular formula is C22H16F3N3O6. The van der Waals surface area contributed by atoms with Crippen molar-refractivity contribution in [1.29, 1.82) is 0 Å². The number of nitro groups is 2. The number of anilines is 1. The van der Waals surface area contributed by atoms with Crippen LogP contribution in [0.25, 0.3) is 0 Å². The fraction of sp³-hybridized carbons (Fsp3) is 0.136. The summed E-state index contributed by atoms with van der Waals surface area (Å²) in [6.07, 6.45) is -4.70. The van der Waals surface area contributed by atoms with Crippen molar-refractivity contribution in [3.8, 4) is 5.75 Å². The van der Waals surface area contributed by atoms with Crippen molar-refractivity contribution < 1.29 is 32.5 Å². The molecule has 0 aliphatic heterocycles. The third-order valence-electron chi connectivity index (χ3n) is 4.64. The van der Waals surface area contributed by atoms with Gasteiger partial charge in [-0.2, -0.15) is 13.2 Å². The first kappa shape index (κ1) is 24.2. The predicted octanol–water partition coefficient (Wildman–Crippen LogP) is 5.13. The largest absolute Gasteiger partial charge is 0.483 e. The highest BCUT2D eigenvalue weighted by atomic mass is 19.4. The van der Waals surface area contributed by atoms with Crippen molar-refractivity contribution in [2.75, 3.05) is 11.9 Å². The van der Waals surface area contributed by atoms with E-state index in [0.717, 1.165) is 17.7 Å². The maximum absolute atomic E-state index is 13.3. The Kier molecular flexibility index (Phi) is 7.09. The second-order valence-electron chi connectivity index (χ2n) is 7.03. The number of halogens is 3. The SMILES string of the molecule is O=C(COc1ccc([N+](=O)[O-])cc1Cc1ccccc1)Nc1ccc([N+](=O)[O-])cc1C(F)(F)F. The molecule has 0 saturated carbocycles. The first-order valence-corrected chi connectivity index (χ1v) is 9.64. The van der Waals surface area contributed by atoms with Gasteiger partial charge in [-0.1, -0.05) is 30.3 Å². The van der Waals surface area contributed by atoms with Crippen LogP contribution in [0.15, 0.2) is 66.7 Å². The molecule has 0 fully saturated rings. The van der Waals surface area contributed by atoms with E-state index in [1.807, 2.05) is 5.32 Å². The molecule has 1 N–H and O–H groups in total. The molecule has 0 unspecified atom stereocenters. The predicted molar refractivity (Wildman–Crippen MR) is 115 cm³/mol. The Hall–Kier alpha value is -4.48. The molecule has 9 nitrogen and oxygen atoms in total. The number of amides is 1. The first-order chi connectivity index (χ1) is 16.0. The molecule has 0 aliphatic rings. The van der Waals surface area contributed by atoms with E-state index in [9.17, 15) is 38.2 Å². The second-order valence-corrected chi connectivity index (χ2v) is 7.03. The molecule has 0 aliphatic carbocycles. The van der Waals surface area contributed by atoms with Crippen LogP contribution in [0.1, 0.15) is 16.7 Å². The molecular weight excluding hydrogens is 459 g/mol. The van der Waals surface area contributed by atoms with Crippen molar-refractivity contribution >= 4 is 23.0 Å². The normalized spacial score (nSPS) is 11.0. The molecule has 0 aromatic heterocycles. The van der Waals surface area contributed by atoms with Gasteiger partial charge in [0.15, 0.2) is 6.61 Å². The third-order valence-corrected chi connectivity index (χ3v) is 4.64. The number of non-ortho nitro benzene ring substituents is 2. The molecule has 0 spiro atoms. The molecule has 3 aromatic rings. The van der Waals surface area contributed by atoms with Gasteiger partial charge in [0.2, 0.25) is 0 Å². The van der Waals surface area contributed by atoms with E-state index in [4.69, 9.17) is 4.74 Å². The van der Waals surface area contributed by atoms with Crippen LogP contribution in [0.5, 0.6) is 5.75 Å². The Morgan fingerprint density at radius 1 is 0.912 bits per heavy atom. The van der Waals surface area contributed by atoms with Crippen LogP contribution in [0.4, 0.5) is 30.2 Å². The Bertz CT molecular complexity index is 1230. The molecule has 0 radical (unpaired) electrons. The number of hydrogen-bond acceptors (Lipinski definition) is 6. The lowest BCUT2D eigenvalue weighted by atomic mass is 10.0. The molecule has 3 rings (SSSR count). The molecule has 34 heavy (non-hydrogen) atoms. The summed E-state index contributed by atoms with van der Waals surface area (Å²) >= 11 is 0. The fourth-order valence-corrected chi connectivity index (χ4v) is 3.09. The number of nitrogens with one attached hydrogen (secondary N) is 1. The average Bonchev–Trinajstić information content (AvgIpc) is 2.78. The van der Waals surface area contributed by atoms with Gasteiger partial charge in [0.05, 0.1) is 21.1 Å². The molecule has 12 heteroatoms. The topological polar surface area (TPSA) is 125 Å². The molecule has 0 bridgehead atoms. The highest BCUT2D eigenvalue weighted by molar-refractivity contribution is 5.93. The van der Waals surface area contributed by atoms with Crippen LogP contribution in [-0.4, -0.2) is 22.4 Å². The molecule has 0 saturated heterocycles. The van der Waals surface area contributed by atoms with E-state index in [-0.39, 0.29) is 17.9 Å². The van der Waals surface area contributed by atoms with Crippen molar-refractivity contribution in [1.82, 2.24) is 0 Å². The quantitative estimate of drug-likeness (QED) is 0.356. The molecule has 0 heterocycles. The molecule has 3 aromatic carbocycles. The Morgan fingerprint density at radius 3 is 2.15 bits per heavy atom. The zero-order chi connectivity index (χ0) is 24.9. The number of carbonyl (C=O) groups excluding carboxylic acids is 1. The van der Waals surface area contributed by atoms with Crippen molar-refractivity contribution in [3.63, 3.8) is 0 Å². The lowest BCUT2D eigenvalue weighted by molar-refractivity contribution is -0.385. The summed E-state index contributed by atoms with van der Waals surface area (Å²) in [6, 6.07) is 14.7. The van der Waals surface area contributed by atoms with Crippen molar-refractivity contribution in [2.24, 2.45) is 0 Å². The van der Waals surface area contributed by atoms with E-state index < -0.39 is 45.5 Å². The smallest absolute Gasteiger partial charge is 0.418 e. The van der Waals surface area contributed by atoms with Gasteiger partial charge in [0, 0.05) is 36.2 Å². The molecule has 176 valence electrons. The van der Waals surface area contributed by atoms with E-state index in [0.29, 0.717) is 11.6 Å². The Morgan fingerprint density at radius 2 is 1.53 bits per heavy atom. The lowest BCUT2D eigenvalue weighted by Crippen LogP contribution is -2.22. The number of hydrogen-bond donors (Lipinski definition) is 1. The lowest BCUT2D eigenvalue weighted by Gasteiger charge is -2.15. The van der Waals surface area contributed by atoms with Crippen molar-refractivity contribution in [2.45, 2.75) is 12.6 Å². The maximum atomic E-state index is 13.3. The molecule has 0 atom stereocenters. The minimum atomic E-state index is -4.95. The first-order valence-electron chi connectivity index (χ1n) is 9.64. The number of benzene rings is 3. The Balaban J connectivity index is 1.78. The van der Waals surface area contributed by atoms with Crippen molar-refractivity contribution in [3.05, 3.63) is 104 Å². The van der Waals surface area contributed by atoms with Gasteiger partial charge in [0.1, 0.15) is 5.75 Å². The minimum Gasteiger partial charge on any atom is -0.483 e. The van der Waals surface area contributed by atoms with E-state index in [2.05, 4.69) is 0 Å². The summed E-state index contributed by atoms with van der Waals surface area (Å²) in [5.41, 5.74) is -1.80. The van der Waals surface area contributed by atoms with Crippen LogP contribution in [0, 0.1) is 20.2 Å². The monoisotopic (exact) mass is 475 g/mol. The Labute approximate surface area is 190 Å². The van der Waals surface area contributed by atoms with Crippen LogP contribution < -0.4 is 10.1 Å². The number of alkyl halides is 3. The summed E-state index contributed by atoms with van der Waals surface area (Å²) in [5, 5.41) is 24.0. The standard InChI is InChI=1S/C22H16F3N3O6/c23-22(24,25)18-12-17(28(32)33)6-8-19(18)26-21(29)13-34-20-9-7-16(27(30)31)11-15(20)10-14-4-2-1-3-5-14/h1-9,11-12H,10,13H2,(H,26,29). The summed E-state index contributed by atoms with van der Waals surface area (Å²) in [4.78, 5) is 32.6. The van der Waals surface area contributed by atoms with Crippen LogP contribution in [0.2, 0.25) is 0 Å². The zero-order valence-electron chi connectivity index (χ0n) is 17.2. The van der Waals surface area contributed by atoms with Gasteiger partial charge < -0.3 is 10.1 Å². The highest BCUT2D eigenvalue weighted by Crippen LogP contribution is 2.37. The summed E-state index contributed by atoms with van der Waals surface area (Å²) in [6.45, 7) is -0.701. The van der Waals surface area contributed by atoms with Gasteiger partial charge in [0.25, 0.3) is 17.3 Å². The third kappa shape index (κ3) is 6.06. The number of ether oxygens (including phenoxy) is 1. The number of rotatable bonds is 8. The highest BCUT2D eigenvalue weighted by Gasteiger charge is 2.35. The van der Waals surface area contributed by atoms with Gasteiger partial charge in [-0.3, -0.25) is 25.0 Å². The van der Waals surface area contributed by atoms with Crippen LogP contribution in [0.3, 0.4) is 0 Å².